The second-order valence-electron chi connectivity index (χ2n) is 1.60. The fourth-order valence-corrected chi connectivity index (χ4v) is 1.31. The normalized spacial score (nSPS) is 17.9. The minimum Gasteiger partial charge on any atom is -0.320 e. The van der Waals surface area contributed by atoms with Crippen molar-refractivity contribution in [2.24, 2.45) is 0 Å². The van der Waals surface area contributed by atoms with E-state index in [-0.39, 0.29) is 6.10 Å². The van der Waals surface area contributed by atoms with Gasteiger partial charge in [-0.15, -0.1) is 0 Å². The summed E-state index contributed by atoms with van der Waals surface area (Å²) in [5.41, 5.74) is 0. The van der Waals surface area contributed by atoms with Gasteiger partial charge >= 0.3 is 0 Å². The highest BCUT2D eigenvalue weighted by Gasteiger charge is 1.98. The molecule has 0 rings (SSSR count). The molecular weight excluding hydrogens is 143 g/mol. The molecule has 0 fully saturated rings. The molecular formula is C4H11O2PS. The molecule has 0 amide bonds. The smallest absolute Gasteiger partial charge is 0.243 e. The zero-order chi connectivity index (χ0) is 6.57. The molecule has 0 N–H and O–H groups in total. The molecule has 0 aromatic heterocycles. The molecule has 0 bridgehead atoms. The van der Waals surface area contributed by atoms with Gasteiger partial charge in [-0.05, 0) is 13.3 Å². The van der Waals surface area contributed by atoms with Gasteiger partial charge in [0.15, 0.2) is 0 Å². The molecule has 0 aromatic rings. The van der Waals surface area contributed by atoms with Crippen molar-refractivity contribution >= 4 is 19.5 Å². The highest BCUT2D eigenvalue weighted by atomic mass is 32.7. The van der Waals surface area contributed by atoms with Gasteiger partial charge in [-0.1, -0.05) is 19.2 Å². The van der Waals surface area contributed by atoms with Crippen LogP contribution in [-0.4, -0.2) is 6.10 Å². The molecule has 8 heavy (non-hydrogen) atoms. The van der Waals surface area contributed by atoms with Crippen LogP contribution in [0.1, 0.15) is 20.3 Å². The lowest BCUT2D eigenvalue weighted by Crippen LogP contribution is -1.97. The maximum absolute atomic E-state index is 10.2. The molecule has 4 heteroatoms. The Morgan fingerprint density at radius 3 is 2.50 bits per heavy atom. The van der Waals surface area contributed by atoms with E-state index in [2.05, 4.69) is 12.2 Å². The highest BCUT2D eigenvalue weighted by molar-refractivity contribution is 8.39. The molecule has 2 nitrogen and oxygen atoms in total. The van der Waals surface area contributed by atoms with Gasteiger partial charge in [-0.3, -0.25) is 4.57 Å². The summed E-state index contributed by atoms with van der Waals surface area (Å²) in [7, 11) is -2.00. The molecule has 2 atom stereocenters. The van der Waals surface area contributed by atoms with Gasteiger partial charge in [-0.25, -0.2) is 0 Å². The predicted molar refractivity (Wildman–Crippen MR) is 38.8 cm³/mol. The third-order valence-corrected chi connectivity index (χ3v) is 1.80. The van der Waals surface area contributed by atoms with Crippen LogP contribution >= 0.6 is 19.5 Å². The van der Waals surface area contributed by atoms with Gasteiger partial charge in [0, 0.05) is 0 Å². The second kappa shape index (κ2) is 4.42. The molecule has 0 saturated carbocycles. The third kappa shape index (κ3) is 4.69. The SMILES string of the molecule is CCC(C)O[PH](=O)S. The Morgan fingerprint density at radius 2 is 2.38 bits per heavy atom. The van der Waals surface area contributed by atoms with Gasteiger partial charge in [0.25, 0.3) is 0 Å². The summed E-state index contributed by atoms with van der Waals surface area (Å²) in [5.74, 6) is 0. The fourth-order valence-electron chi connectivity index (χ4n) is 0.255. The van der Waals surface area contributed by atoms with Crippen LogP contribution in [0.3, 0.4) is 0 Å². The number of thiol groups is 1. The first-order valence-electron chi connectivity index (χ1n) is 2.56. The first kappa shape index (κ1) is 8.54. The van der Waals surface area contributed by atoms with Crippen molar-refractivity contribution in [3.05, 3.63) is 0 Å². The average Bonchev–Trinajstić information content (AvgIpc) is 1.65. The monoisotopic (exact) mass is 154 g/mol. The van der Waals surface area contributed by atoms with Crippen LogP contribution in [-0.2, 0) is 9.09 Å². The van der Waals surface area contributed by atoms with Crippen molar-refractivity contribution < 1.29 is 9.09 Å². The Labute approximate surface area is 55.6 Å². The van der Waals surface area contributed by atoms with E-state index in [0.29, 0.717) is 0 Å². The molecule has 0 aliphatic rings. The van der Waals surface area contributed by atoms with Gasteiger partial charge in [0.2, 0.25) is 7.23 Å². The summed E-state index contributed by atoms with van der Waals surface area (Å²) in [4.78, 5) is 0. The maximum Gasteiger partial charge on any atom is 0.243 e. The lowest BCUT2D eigenvalue weighted by Gasteiger charge is -2.04. The van der Waals surface area contributed by atoms with Gasteiger partial charge in [0.05, 0.1) is 6.10 Å². The molecule has 0 radical (unpaired) electrons. The molecule has 50 valence electrons. The summed E-state index contributed by atoms with van der Waals surface area (Å²) < 4.78 is 15.1. The van der Waals surface area contributed by atoms with E-state index >= 15 is 0 Å². The molecule has 0 saturated heterocycles. The number of rotatable bonds is 3. The van der Waals surface area contributed by atoms with Crippen LogP contribution < -0.4 is 0 Å². The van der Waals surface area contributed by atoms with Crippen LogP contribution in [0, 0.1) is 0 Å². The van der Waals surface area contributed by atoms with Crippen LogP contribution in [0.4, 0.5) is 0 Å². The summed E-state index contributed by atoms with van der Waals surface area (Å²) >= 11 is 3.62. The van der Waals surface area contributed by atoms with Crippen molar-refractivity contribution in [2.75, 3.05) is 0 Å². The largest absolute Gasteiger partial charge is 0.320 e. The predicted octanol–water partition coefficient (Wildman–Crippen LogP) is 2.12. The van der Waals surface area contributed by atoms with E-state index < -0.39 is 7.23 Å². The van der Waals surface area contributed by atoms with E-state index in [1.807, 2.05) is 13.8 Å². The Morgan fingerprint density at radius 1 is 1.88 bits per heavy atom. The molecule has 0 spiro atoms. The Hall–Kier alpha value is 0.540. The topological polar surface area (TPSA) is 26.3 Å². The average molecular weight is 154 g/mol. The second-order valence-corrected chi connectivity index (χ2v) is 3.47. The van der Waals surface area contributed by atoms with E-state index in [1.54, 1.807) is 0 Å². The van der Waals surface area contributed by atoms with Crippen molar-refractivity contribution in [1.29, 1.82) is 0 Å². The number of hydrogen-bond donors (Lipinski definition) is 1. The molecule has 0 heterocycles. The summed E-state index contributed by atoms with van der Waals surface area (Å²) in [6, 6.07) is 0. The van der Waals surface area contributed by atoms with E-state index in [9.17, 15) is 4.57 Å². The number of hydrogen-bond acceptors (Lipinski definition) is 2. The fraction of sp³-hybridized carbons (Fsp3) is 1.00. The summed E-state index contributed by atoms with van der Waals surface area (Å²) in [5, 5.41) is 0. The van der Waals surface area contributed by atoms with Crippen molar-refractivity contribution in [3.63, 3.8) is 0 Å². The standard InChI is InChI=1S/C4H11O2PS/c1-3-4(2)6-7(5)8/h4,7H,3H2,1-2H3,(H,5,8). The van der Waals surface area contributed by atoms with Crippen molar-refractivity contribution in [2.45, 2.75) is 26.4 Å². The summed E-state index contributed by atoms with van der Waals surface area (Å²) in [6.07, 6.45) is 0.968. The minimum atomic E-state index is -2.00. The Bertz CT molecular complexity index is 86.1. The first-order chi connectivity index (χ1) is 3.66. The Balaban J connectivity index is 3.24. The highest BCUT2D eigenvalue weighted by Crippen LogP contribution is 2.29. The van der Waals surface area contributed by atoms with E-state index in [0.717, 1.165) is 6.42 Å². The maximum atomic E-state index is 10.2. The lowest BCUT2D eigenvalue weighted by molar-refractivity contribution is 0.238. The van der Waals surface area contributed by atoms with Crippen molar-refractivity contribution in [1.82, 2.24) is 0 Å². The zero-order valence-corrected chi connectivity index (χ0v) is 6.94. The van der Waals surface area contributed by atoms with Crippen molar-refractivity contribution in [3.8, 4) is 0 Å². The molecule has 0 aliphatic heterocycles. The molecule has 0 aromatic carbocycles. The van der Waals surface area contributed by atoms with Crippen LogP contribution in [0.25, 0.3) is 0 Å². The third-order valence-electron chi connectivity index (χ3n) is 0.877. The minimum absolute atomic E-state index is 0.0823. The molecule has 0 aliphatic carbocycles. The lowest BCUT2D eigenvalue weighted by atomic mass is 10.3. The van der Waals surface area contributed by atoms with Crippen LogP contribution in [0.15, 0.2) is 0 Å². The molecule has 2 unspecified atom stereocenters. The zero-order valence-electron chi connectivity index (χ0n) is 5.05. The van der Waals surface area contributed by atoms with Gasteiger partial charge in [-0.2, -0.15) is 0 Å². The van der Waals surface area contributed by atoms with E-state index in [4.69, 9.17) is 4.52 Å². The summed E-state index contributed by atoms with van der Waals surface area (Å²) in [6.45, 7) is 3.85. The quantitative estimate of drug-likeness (QED) is 0.497. The first-order valence-corrected chi connectivity index (χ1v) is 5.17. The van der Waals surface area contributed by atoms with Gasteiger partial charge < -0.3 is 4.52 Å². The van der Waals surface area contributed by atoms with Gasteiger partial charge in [0.1, 0.15) is 0 Å². The Kier molecular flexibility index (Phi) is 4.72. The van der Waals surface area contributed by atoms with Crippen LogP contribution in [0.5, 0.6) is 0 Å². The van der Waals surface area contributed by atoms with Crippen LogP contribution in [0.2, 0.25) is 0 Å². The van der Waals surface area contributed by atoms with E-state index in [1.165, 1.54) is 0 Å².